The van der Waals surface area contributed by atoms with E-state index in [9.17, 15) is 19.2 Å². The number of methoxy groups -OCH3 is 2. The maximum absolute atomic E-state index is 11.9. The third-order valence-corrected chi connectivity index (χ3v) is 3.62. The SMILES string of the molecule is COC(=O)c1ccc(/C=C/C(=O)OCC(=O)N[C@@H](CC(C)C)C(=O)OC)cc1. The third-order valence-electron chi connectivity index (χ3n) is 3.62. The van der Waals surface area contributed by atoms with Crippen molar-refractivity contribution in [2.75, 3.05) is 20.8 Å². The predicted molar refractivity (Wildman–Crippen MR) is 101 cm³/mol. The van der Waals surface area contributed by atoms with Gasteiger partial charge in [0.2, 0.25) is 0 Å². The van der Waals surface area contributed by atoms with Crippen molar-refractivity contribution in [2.24, 2.45) is 5.92 Å². The Balaban J connectivity index is 2.52. The minimum Gasteiger partial charge on any atom is -0.467 e. The second kappa shape index (κ2) is 11.5. The monoisotopic (exact) mass is 391 g/mol. The molecule has 1 aromatic rings. The van der Waals surface area contributed by atoms with E-state index in [0.717, 1.165) is 6.08 Å². The van der Waals surface area contributed by atoms with Crippen molar-refractivity contribution in [3.8, 4) is 0 Å². The van der Waals surface area contributed by atoms with Gasteiger partial charge in [-0.2, -0.15) is 0 Å². The van der Waals surface area contributed by atoms with Crippen LogP contribution in [-0.4, -0.2) is 50.7 Å². The number of carbonyl (C=O) groups excluding carboxylic acids is 4. The molecule has 1 aromatic carbocycles. The summed E-state index contributed by atoms with van der Waals surface area (Å²) in [6, 6.07) is 5.60. The molecule has 0 saturated heterocycles. The van der Waals surface area contributed by atoms with Crippen LogP contribution in [0.15, 0.2) is 30.3 Å². The van der Waals surface area contributed by atoms with E-state index in [-0.39, 0.29) is 5.92 Å². The van der Waals surface area contributed by atoms with E-state index in [0.29, 0.717) is 17.5 Å². The molecule has 8 nitrogen and oxygen atoms in total. The van der Waals surface area contributed by atoms with Crippen LogP contribution < -0.4 is 5.32 Å². The molecule has 8 heteroatoms. The zero-order valence-corrected chi connectivity index (χ0v) is 16.4. The maximum Gasteiger partial charge on any atom is 0.337 e. The number of rotatable bonds is 9. The van der Waals surface area contributed by atoms with E-state index < -0.39 is 36.5 Å². The van der Waals surface area contributed by atoms with E-state index in [2.05, 4.69) is 14.8 Å². The molecule has 0 unspecified atom stereocenters. The molecule has 152 valence electrons. The molecule has 1 atom stereocenters. The highest BCUT2D eigenvalue weighted by Gasteiger charge is 2.22. The van der Waals surface area contributed by atoms with Crippen molar-refractivity contribution in [1.29, 1.82) is 0 Å². The fraction of sp³-hybridized carbons (Fsp3) is 0.400. The van der Waals surface area contributed by atoms with Gasteiger partial charge in [0.1, 0.15) is 6.04 Å². The summed E-state index contributed by atoms with van der Waals surface area (Å²) in [6.07, 6.45) is 3.05. The Kier molecular flexibility index (Phi) is 9.42. The van der Waals surface area contributed by atoms with E-state index in [1.54, 1.807) is 24.3 Å². The molecule has 0 aliphatic carbocycles. The predicted octanol–water partition coefficient (Wildman–Crippen LogP) is 1.73. The molecule has 1 rings (SSSR count). The van der Waals surface area contributed by atoms with Gasteiger partial charge in [-0.05, 0) is 36.1 Å². The molecule has 1 amide bonds. The first-order chi connectivity index (χ1) is 13.3. The normalized spacial score (nSPS) is 11.8. The number of hydrogen-bond acceptors (Lipinski definition) is 7. The van der Waals surface area contributed by atoms with Crippen LogP contribution >= 0.6 is 0 Å². The smallest absolute Gasteiger partial charge is 0.337 e. The molecule has 28 heavy (non-hydrogen) atoms. The molecular weight excluding hydrogens is 366 g/mol. The van der Waals surface area contributed by atoms with Crippen molar-refractivity contribution in [3.63, 3.8) is 0 Å². The number of carbonyl (C=O) groups is 4. The van der Waals surface area contributed by atoms with Crippen LogP contribution in [-0.2, 0) is 28.6 Å². The second-order valence-corrected chi connectivity index (χ2v) is 6.33. The fourth-order valence-electron chi connectivity index (χ4n) is 2.26. The number of esters is 3. The van der Waals surface area contributed by atoms with Crippen molar-refractivity contribution in [3.05, 3.63) is 41.5 Å². The lowest BCUT2D eigenvalue weighted by Gasteiger charge is -2.18. The quantitative estimate of drug-likeness (QED) is 0.388. The molecule has 0 spiro atoms. The molecule has 0 aliphatic heterocycles. The van der Waals surface area contributed by atoms with Gasteiger partial charge in [-0.1, -0.05) is 26.0 Å². The molecule has 0 heterocycles. The zero-order valence-electron chi connectivity index (χ0n) is 16.4. The van der Waals surface area contributed by atoms with Crippen LogP contribution in [0.3, 0.4) is 0 Å². The van der Waals surface area contributed by atoms with Crippen LogP contribution in [0.5, 0.6) is 0 Å². The van der Waals surface area contributed by atoms with Crippen molar-refractivity contribution in [2.45, 2.75) is 26.3 Å². The molecule has 1 N–H and O–H groups in total. The number of nitrogens with one attached hydrogen (secondary N) is 1. The van der Waals surface area contributed by atoms with E-state index >= 15 is 0 Å². The Morgan fingerprint density at radius 3 is 2.21 bits per heavy atom. The van der Waals surface area contributed by atoms with Gasteiger partial charge in [-0.15, -0.1) is 0 Å². The topological polar surface area (TPSA) is 108 Å². The van der Waals surface area contributed by atoms with Gasteiger partial charge in [0.05, 0.1) is 19.8 Å². The Hall–Kier alpha value is -3.16. The van der Waals surface area contributed by atoms with Crippen LogP contribution in [0.4, 0.5) is 0 Å². The molecule has 0 aliphatic rings. The molecular formula is C20H25NO7. The second-order valence-electron chi connectivity index (χ2n) is 6.33. The molecule has 0 bridgehead atoms. The molecule has 0 fully saturated rings. The van der Waals surface area contributed by atoms with Gasteiger partial charge in [0, 0.05) is 6.08 Å². The third kappa shape index (κ3) is 8.03. The van der Waals surface area contributed by atoms with Gasteiger partial charge < -0.3 is 19.5 Å². The number of benzene rings is 1. The van der Waals surface area contributed by atoms with Crippen LogP contribution in [0.1, 0.15) is 36.2 Å². The molecule has 0 aromatic heterocycles. The minimum atomic E-state index is -0.792. The van der Waals surface area contributed by atoms with E-state index in [4.69, 9.17) is 4.74 Å². The summed E-state index contributed by atoms with van der Waals surface area (Å²) in [4.78, 5) is 46.7. The first-order valence-corrected chi connectivity index (χ1v) is 8.67. The lowest BCUT2D eigenvalue weighted by molar-refractivity contribution is -0.148. The summed E-state index contributed by atoms with van der Waals surface area (Å²) < 4.78 is 14.1. The lowest BCUT2D eigenvalue weighted by atomic mass is 10.0. The Morgan fingerprint density at radius 2 is 1.68 bits per heavy atom. The fourth-order valence-corrected chi connectivity index (χ4v) is 2.26. The van der Waals surface area contributed by atoms with Crippen molar-refractivity contribution >= 4 is 29.9 Å². The summed E-state index contributed by atoms with van der Waals surface area (Å²) in [5.41, 5.74) is 1.05. The first kappa shape index (κ1) is 22.9. The highest BCUT2D eigenvalue weighted by molar-refractivity contribution is 5.91. The van der Waals surface area contributed by atoms with Crippen molar-refractivity contribution < 1.29 is 33.4 Å². The maximum atomic E-state index is 11.9. The Morgan fingerprint density at radius 1 is 1.04 bits per heavy atom. The number of amides is 1. The van der Waals surface area contributed by atoms with E-state index in [1.807, 2.05) is 13.8 Å². The van der Waals surface area contributed by atoms with Crippen LogP contribution in [0, 0.1) is 5.92 Å². The average molecular weight is 391 g/mol. The van der Waals surface area contributed by atoms with Gasteiger partial charge in [-0.25, -0.2) is 14.4 Å². The summed E-state index contributed by atoms with van der Waals surface area (Å²) >= 11 is 0. The van der Waals surface area contributed by atoms with Gasteiger partial charge >= 0.3 is 17.9 Å². The first-order valence-electron chi connectivity index (χ1n) is 8.67. The average Bonchev–Trinajstić information content (AvgIpc) is 2.69. The number of ether oxygens (including phenoxy) is 3. The summed E-state index contributed by atoms with van der Waals surface area (Å²) in [5.74, 6) is -2.15. The highest BCUT2D eigenvalue weighted by atomic mass is 16.5. The molecule has 0 saturated carbocycles. The van der Waals surface area contributed by atoms with Crippen molar-refractivity contribution in [1.82, 2.24) is 5.32 Å². The van der Waals surface area contributed by atoms with E-state index in [1.165, 1.54) is 20.3 Å². The summed E-state index contributed by atoms with van der Waals surface area (Å²) in [6.45, 7) is 3.30. The van der Waals surface area contributed by atoms with Gasteiger partial charge in [0.15, 0.2) is 6.61 Å². The van der Waals surface area contributed by atoms with Gasteiger partial charge in [-0.3, -0.25) is 4.79 Å². The zero-order chi connectivity index (χ0) is 21.1. The van der Waals surface area contributed by atoms with Crippen LogP contribution in [0.2, 0.25) is 0 Å². The minimum absolute atomic E-state index is 0.167. The largest absolute Gasteiger partial charge is 0.467 e. The lowest BCUT2D eigenvalue weighted by Crippen LogP contribution is -2.44. The number of hydrogen-bond donors (Lipinski definition) is 1. The Bertz CT molecular complexity index is 723. The molecule has 0 radical (unpaired) electrons. The highest BCUT2D eigenvalue weighted by Crippen LogP contribution is 2.08. The summed E-state index contributed by atoms with van der Waals surface area (Å²) in [5, 5.41) is 2.49. The Labute approximate surface area is 163 Å². The standard InChI is InChI=1S/C20H25NO7/c1-13(2)11-16(20(25)27-4)21-17(22)12-28-18(23)10-7-14-5-8-15(9-6-14)19(24)26-3/h5-10,13,16H,11-12H2,1-4H3,(H,21,22)/b10-7+/t16-/m0/s1. The van der Waals surface area contributed by atoms with Gasteiger partial charge in [0.25, 0.3) is 5.91 Å². The van der Waals surface area contributed by atoms with Crippen LogP contribution in [0.25, 0.3) is 6.08 Å². The summed E-state index contributed by atoms with van der Waals surface area (Å²) in [7, 11) is 2.53.